The van der Waals surface area contributed by atoms with Gasteiger partial charge in [0.1, 0.15) is 5.76 Å². The molecule has 0 atom stereocenters. The zero-order valence-corrected chi connectivity index (χ0v) is 12.0. The Bertz CT molecular complexity index is 508. The van der Waals surface area contributed by atoms with E-state index in [1.54, 1.807) is 13.4 Å². The molecule has 1 heterocycles. The molecule has 0 fully saturated rings. The summed E-state index contributed by atoms with van der Waals surface area (Å²) in [7, 11) is 1.66. The standard InChI is InChI=1S/C16H21NO3/c1-3-19-15-7-6-13(11-16(15)18-2)12-17-9-8-14-5-4-10-20-14/h4-7,10-11,17H,3,8-9,12H2,1-2H3. The van der Waals surface area contributed by atoms with Crippen LogP contribution in [-0.2, 0) is 13.0 Å². The Hall–Kier alpha value is -1.94. The molecule has 0 saturated heterocycles. The first-order valence-corrected chi connectivity index (χ1v) is 6.86. The number of ether oxygens (including phenoxy) is 2. The number of rotatable bonds is 8. The largest absolute Gasteiger partial charge is 0.493 e. The summed E-state index contributed by atoms with van der Waals surface area (Å²) in [5.74, 6) is 2.56. The summed E-state index contributed by atoms with van der Waals surface area (Å²) in [4.78, 5) is 0. The van der Waals surface area contributed by atoms with Gasteiger partial charge in [0.25, 0.3) is 0 Å². The van der Waals surface area contributed by atoms with Crippen LogP contribution in [0.3, 0.4) is 0 Å². The summed E-state index contributed by atoms with van der Waals surface area (Å²) in [6.07, 6.45) is 2.59. The molecule has 0 saturated carbocycles. The molecule has 0 unspecified atom stereocenters. The van der Waals surface area contributed by atoms with E-state index in [0.717, 1.165) is 36.8 Å². The second-order valence-corrected chi connectivity index (χ2v) is 4.42. The van der Waals surface area contributed by atoms with Crippen LogP contribution in [0.4, 0.5) is 0 Å². The van der Waals surface area contributed by atoms with E-state index in [-0.39, 0.29) is 0 Å². The van der Waals surface area contributed by atoms with Gasteiger partial charge in [-0.05, 0) is 36.8 Å². The van der Waals surface area contributed by atoms with Crippen LogP contribution in [0.1, 0.15) is 18.2 Å². The first kappa shape index (κ1) is 14.5. The summed E-state index contributed by atoms with van der Waals surface area (Å²) in [6, 6.07) is 9.90. The fourth-order valence-corrected chi connectivity index (χ4v) is 2.00. The number of furan rings is 1. The monoisotopic (exact) mass is 275 g/mol. The molecule has 108 valence electrons. The van der Waals surface area contributed by atoms with Crippen molar-refractivity contribution in [2.24, 2.45) is 0 Å². The minimum Gasteiger partial charge on any atom is -0.493 e. The van der Waals surface area contributed by atoms with E-state index < -0.39 is 0 Å². The maximum absolute atomic E-state index is 5.50. The highest BCUT2D eigenvalue weighted by Crippen LogP contribution is 2.27. The van der Waals surface area contributed by atoms with Crippen LogP contribution >= 0.6 is 0 Å². The molecule has 1 N–H and O–H groups in total. The molecule has 0 radical (unpaired) electrons. The van der Waals surface area contributed by atoms with Crippen molar-refractivity contribution in [2.75, 3.05) is 20.3 Å². The molecule has 2 rings (SSSR count). The average molecular weight is 275 g/mol. The molecule has 0 aliphatic carbocycles. The number of benzene rings is 1. The quantitative estimate of drug-likeness (QED) is 0.752. The van der Waals surface area contributed by atoms with Gasteiger partial charge in [-0.2, -0.15) is 0 Å². The van der Waals surface area contributed by atoms with Crippen LogP contribution in [0.15, 0.2) is 41.0 Å². The highest BCUT2D eigenvalue weighted by molar-refractivity contribution is 5.42. The fourth-order valence-electron chi connectivity index (χ4n) is 2.00. The molecular weight excluding hydrogens is 254 g/mol. The Kier molecular flexibility index (Phi) is 5.50. The maximum atomic E-state index is 5.50. The SMILES string of the molecule is CCOc1ccc(CNCCc2ccco2)cc1OC. The van der Waals surface area contributed by atoms with Crippen molar-refractivity contribution < 1.29 is 13.9 Å². The van der Waals surface area contributed by atoms with Crippen molar-refractivity contribution in [1.29, 1.82) is 0 Å². The molecule has 4 nitrogen and oxygen atoms in total. The normalized spacial score (nSPS) is 10.5. The van der Waals surface area contributed by atoms with Gasteiger partial charge < -0.3 is 19.2 Å². The van der Waals surface area contributed by atoms with Crippen LogP contribution in [0, 0.1) is 0 Å². The molecule has 0 bridgehead atoms. The molecule has 2 aromatic rings. The van der Waals surface area contributed by atoms with Gasteiger partial charge in [-0.1, -0.05) is 6.07 Å². The summed E-state index contributed by atoms with van der Waals surface area (Å²) >= 11 is 0. The molecule has 0 spiro atoms. The van der Waals surface area contributed by atoms with Crippen molar-refractivity contribution in [3.63, 3.8) is 0 Å². The Morgan fingerprint density at radius 2 is 2.10 bits per heavy atom. The first-order chi connectivity index (χ1) is 9.83. The Balaban J connectivity index is 1.83. The number of methoxy groups -OCH3 is 1. The van der Waals surface area contributed by atoms with E-state index in [0.29, 0.717) is 6.61 Å². The van der Waals surface area contributed by atoms with Crippen molar-refractivity contribution >= 4 is 0 Å². The third kappa shape index (κ3) is 4.03. The van der Waals surface area contributed by atoms with Gasteiger partial charge in [-0.15, -0.1) is 0 Å². The minimum atomic E-state index is 0.636. The number of hydrogen-bond donors (Lipinski definition) is 1. The van der Waals surface area contributed by atoms with E-state index in [9.17, 15) is 0 Å². The summed E-state index contributed by atoms with van der Waals surface area (Å²) < 4.78 is 16.1. The summed E-state index contributed by atoms with van der Waals surface area (Å²) in [5.41, 5.74) is 1.17. The predicted molar refractivity (Wildman–Crippen MR) is 78.3 cm³/mol. The van der Waals surface area contributed by atoms with Crippen LogP contribution in [0.25, 0.3) is 0 Å². The first-order valence-electron chi connectivity index (χ1n) is 6.86. The third-order valence-electron chi connectivity index (χ3n) is 2.99. The van der Waals surface area contributed by atoms with E-state index in [2.05, 4.69) is 5.32 Å². The van der Waals surface area contributed by atoms with Gasteiger partial charge in [0.15, 0.2) is 11.5 Å². The van der Waals surface area contributed by atoms with Crippen LogP contribution in [-0.4, -0.2) is 20.3 Å². The highest BCUT2D eigenvalue weighted by Gasteiger charge is 2.05. The zero-order chi connectivity index (χ0) is 14.2. The average Bonchev–Trinajstić information content (AvgIpc) is 2.98. The lowest BCUT2D eigenvalue weighted by atomic mass is 10.2. The molecular formula is C16H21NO3. The summed E-state index contributed by atoms with van der Waals surface area (Å²) in [5, 5.41) is 3.39. The molecule has 1 aromatic carbocycles. The molecule has 20 heavy (non-hydrogen) atoms. The van der Waals surface area contributed by atoms with Gasteiger partial charge in [-0.25, -0.2) is 0 Å². The highest BCUT2D eigenvalue weighted by atomic mass is 16.5. The minimum absolute atomic E-state index is 0.636. The number of hydrogen-bond acceptors (Lipinski definition) is 4. The van der Waals surface area contributed by atoms with Gasteiger partial charge in [-0.3, -0.25) is 0 Å². The van der Waals surface area contributed by atoms with Crippen LogP contribution in [0.5, 0.6) is 11.5 Å². The van der Waals surface area contributed by atoms with E-state index in [1.165, 1.54) is 5.56 Å². The van der Waals surface area contributed by atoms with Crippen molar-refractivity contribution in [3.05, 3.63) is 47.9 Å². The second kappa shape index (κ2) is 7.60. The Labute approximate surface area is 119 Å². The molecule has 1 aromatic heterocycles. The van der Waals surface area contributed by atoms with Crippen molar-refractivity contribution in [2.45, 2.75) is 19.9 Å². The third-order valence-corrected chi connectivity index (χ3v) is 2.99. The van der Waals surface area contributed by atoms with Gasteiger partial charge >= 0.3 is 0 Å². The molecule has 0 aliphatic rings. The summed E-state index contributed by atoms with van der Waals surface area (Å²) in [6.45, 7) is 4.27. The van der Waals surface area contributed by atoms with Crippen molar-refractivity contribution in [1.82, 2.24) is 5.32 Å². The molecule has 4 heteroatoms. The molecule has 0 aliphatic heterocycles. The predicted octanol–water partition coefficient (Wildman–Crippen LogP) is 3.02. The number of nitrogens with one attached hydrogen (secondary N) is 1. The van der Waals surface area contributed by atoms with Crippen molar-refractivity contribution in [3.8, 4) is 11.5 Å². The van der Waals surface area contributed by atoms with Crippen LogP contribution < -0.4 is 14.8 Å². The second-order valence-electron chi connectivity index (χ2n) is 4.42. The van der Waals surface area contributed by atoms with Gasteiger partial charge in [0.2, 0.25) is 0 Å². The van der Waals surface area contributed by atoms with E-state index >= 15 is 0 Å². The Morgan fingerprint density at radius 1 is 1.20 bits per heavy atom. The lowest BCUT2D eigenvalue weighted by Crippen LogP contribution is -2.16. The topological polar surface area (TPSA) is 43.6 Å². The fraction of sp³-hybridized carbons (Fsp3) is 0.375. The lowest BCUT2D eigenvalue weighted by Gasteiger charge is -2.11. The van der Waals surface area contributed by atoms with Gasteiger partial charge in [0, 0.05) is 19.5 Å². The lowest BCUT2D eigenvalue weighted by molar-refractivity contribution is 0.310. The van der Waals surface area contributed by atoms with Gasteiger partial charge in [0.05, 0.1) is 20.0 Å². The van der Waals surface area contributed by atoms with E-state index in [1.807, 2.05) is 37.3 Å². The Morgan fingerprint density at radius 3 is 2.80 bits per heavy atom. The van der Waals surface area contributed by atoms with Crippen LogP contribution in [0.2, 0.25) is 0 Å². The maximum Gasteiger partial charge on any atom is 0.161 e. The molecule has 0 amide bonds. The van der Waals surface area contributed by atoms with E-state index in [4.69, 9.17) is 13.9 Å². The smallest absolute Gasteiger partial charge is 0.161 e. The zero-order valence-electron chi connectivity index (χ0n) is 12.0.